The fraction of sp³-hybridized carbons (Fsp3) is 0.562. The Labute approximate surface area is 127 Å². The predicted octanol–water partition coefficient (Wildman–Crippen LogP) is 2.17. The monoisotopic (exact) mass is 291 g/mol. The summed E-state index contributed by atoms with van der Waals surface area (Å²) >= 11 is 0. The average Bonchev–Trinajstić information content (AvgIpc) is 2.84. The van der Waals surface area contributed by atoms with Crippen LogP contribution in [-0.2, 0) is 5.41 Å². The number of rotatable bonds is 3. The summed E-state index contributed by atoms with van der Waals surface area (Å²) in [6.07, 6.45) is 0. The van der Waals surface area contributed by atoms with Gasteiger partial charge in [0.1, 0.15) is 0 Å². The Morgan fingerprint density at radius 3 is 2.33 bits per heavy atom. The van der Waals surface area contributed by atoms with Gasteiger partial charge in [-0.3, -0.25) is 4.99 Å². The second-order valence-corrected chi connectivity index (χ2v) is 6.36. The molecule has 0 bridgehead atoms. The Morgan fingerprint density at radius 1 is 1.10 bits per heavy atom. The van der Waals surface area contributed by atoms with Crippen LogP contribution < -0.4 is 9.47 Å². The zero-order valence-electron chi connectivity index (χ0n) is 13.8. The van der Waals surface area contributed by atoms with Crippen LogP contribution in [0.15, 0.2) is 23.2 Å². The van der Waals surface area contributed by atoms with Gasteiger partial charge in [0.15, 0.2) is 17.5 Å². The van der Waals surface area contributed by atoms with Crippen LogP contribution in [0.3, 0.4) is 0 Å². The zero-order chi connectivity index (χ0) is 15.6. The highest BCUT2D eigenvalue weighted by molar-refractivity contribution is 5.79. The largest absolute Gasteiger partial charge is 0.454 e. The van der Waals surface area contributed by atoms with Crippen molar-refractivity contribution in [3.63, 3.8) is 0 Å². The third-order valence-electron chi connectivity index (χ3n) is 3.57. The highest BCUT2D eigenvalue weighted by Crippen LogP contribution is 2.36. The molecule has 0 radical (unpaired) electrons. The molecular formula is C16H25N3O2. The van der Waals surface area contributed by atoms with E-state index in [1.807, 2.05) is 44.1 Å². The quantitative estimate of drug-likeness (QED) is 0.632. The average molecular weight is 291 g/mol. The molecule has 0 N–H and O–H groups in total. The molecule has 0 aliphatic carbocycles. The highest BCUT2D eigenvalue weighted by Gasteiger charge is 2.24. The van der Waals surface area contributed by atoms with Gasteiger partial charge in [0, 0.05) is 33.6 Å². The third kappa shape index (κ3) is 3.40. The minimum absolute atomic E-state index is 0.0712. The molecule has 1 heterocycles. The first-order chi connectivity index (χ1) is 9.81. The van der Waals surface area contributed by atoms with Crippen molar-refractivity contribution in [3.05, 3.63) is 23.8 Å². The van der Waals surface area contributed by atoms with Crippen molar-refractivity contribution < 1.29 is 9.47 Å². The van der Waals surface area contributed by atoms with Crippen LogP contribution in [0, 0.1) is 0 Å². The number of benzene rings is 1. The molecule has 21 heavy (non-hydrogen) atoms. The van der Waals surface area contributed by atoms with E-state index in [1.165, 1.54) is 5.56 Å². The fourth-order valence-electron chi connectivity index (χ4n) is 2.36. The standard InChI is InChI=1S/C16H25N3O2/c1-16(2,10-17-15(18(3)4)19(5)6)12-7-8-13-14(9-12)21-11-20-13/h7-9H,10-11H2,1-6H3. The molecule has 5 heteroatoms. The lowest BCUT2D eigenvalue weighted by molar-refractivity contribution is 0.174. The van der Waals surface area contributed by atoms with Gasteiger partial charge < -0.3 is 19.3 Å². The van der Waals surface area contributed by atoms with Gasteiger partial charge in [-0.2, -0.15) is 0 Å². The molecule has 1 aromatic carbocycles. The van der Waals surface area contributed by atoms with Gasteiger partial charge in [-0.1, -0.05) is 19.9 Å². The van der Waals surface area contributed by atoms with E-state index in [0.717, 1.165) is 17.5 Å². The summed E-state index contributed by atoms with van der Waals surface area (Å²) in [6.45, 7) is 5.40. The Balaban J connectivity index is 2.20. The molecule has 0 atom stereocenters. The summed E-state index contributed by atoms with van der Waals surface area (Å²) < 4.78 is 10.8. The van der Waals surface area contributed by atoms with Gasteiger partial charge in [0.25, 0.3) is 0 Å². The maximum atomic E-state index is 5.46. The smallest absolute Gasteiger partial charge is 0.231 e. The van der Waals surface area contributed by atoms with Gasteiger partial charge in [-0.05, 0) is 17.7 Å². The van der Waals surface area contributed by atoms with Crippen molar-refractivity contribution in [2.45, 2.75) is 19.3 Å². The lowest BCUT2D eigenvalue weighted by Gasteiger charge is -2.27. The van der Waals surface area contributed by atoms with E-state index in [-0.39, 0.29) is 5.41 Å². The molecule has 2 rings (SSSR count). The van der Waals surface area contributed by atoms with Crippen molar-refractivity contribution in [1.29, 1.82) is 0 Å². The maximum absolute atomic E-state index is 5.46. The number of hydrogen-bond donors (Lipinski definition) is 0. The van der Waals surface area contributed by atoms with Crippen LogP contribution in [0.1, 0.15) is 19.4 Å². The molecule has 0 amide bonds. The SMILES string of the molecule is CN(C)C(=NCC(C)(C)c1ccc2c(c1)OCO2)N(C)C. The number of guanidine groups is 1. The molecule has 0 saturated heterocycles. The van der Waals surface area contributed by atoms with E-state index in [1.54, 1.807) is 0 Å². The van der Waals surface area contributed by atoms with Crippen LogP contribution in [-0.4, -0.2) is 57.3 Å². The number of ether oxygens (including phenoxy) is 2. The van der Waals surface area contributed by atoms with Crippen molar-refractivity contribution in [2.75, 3.05) is 41.5 Å². The maximum Gasteiger partial charge on any atom is 0.231 e. The van der Waals surface area contributed by atoms with E-state index < -0.39 is 0 Å². The van der Waals surface area contributed by atoms with Gasteiger partial charge in [0.2, 0.25) is 6.79 Å². The van der Waals surface area contributed by atoms with E-state index in [4.69, 9.17) is 14.5 Å². The minimum atomic E-state index is -0.0712. The Morgan fingerprint density at radius 2 is 1.71 bits per heavy atom. The van der Waals surface area contributed by atoms with E-state index >= 15 is 0 Å². The van der Waals surface area contributed by atoms with E-state index in [0.29, 0.717) is 13.3 Å². The van der Waals surface area contributed by atoms with Crippen LogP contribution >= 0.6 is 0 Å². The van der Waals surface area contributed by atoms with Crippen molar-refractivity contribution >= 4 is 5.96 Å². The topological polar surface area (TPSA) is 37.3 Å². The normalized spacial score (nSPS) is 13.0. The summed E-state index contributed by atoms with van der Waals surface area (Å²) in [4.78, 5) is 8.81. The first-order valence-corrected chi connectivity index (χ1v) is 7.10. The summed E-state index contributed by atoms with van der Waals surface area (Å²) in [7, 11) is 8.03. The molecule has 0 spiro atoms. The van der Waals surface area contributed by atoms with Gasteiger partial charge >= 0.3 is 0 Å². The number of hydrogen-bond acceptors (Lipinski definition) is 3. The fourth-order valence-corrected chi connectivity index (χ4v) is 2.36. The van der Waals surface area contributed by atoms with Gasteiger partial charge in [-0.15, -0.1) is 0 Å². The molecule has 0 saturated carbocycles. The summed E-state index contributed by atoms with van der Waals surface area (Å²) in [5, 5.41) is 0. The first-order valence-electron chi connectivity index (χ1n) is 7.10. The van der Waals surface area contributed by atoms with Crippen LogP contribution in [0.2, 0.25) is 0 Å². The number of aliphatic imine (C=N–C) groups is 1. The summed E-state index contributed by atoms with van der Waals surface area (Å²) in [5.74, 6) is 2.61. The van der Waals surface area contributed by atoms with Crippen molar-refractivity contribution in [1.82, 2.24) is 9.80 Å². The molecule has 1 aliphatic rings. The molecule has 0 unspecified atom stereocenters. The molecule has 1 aromatic rings. The number of fused-ring (bicyclic) bond motifs is 1. The van der Waals surface area contributed by atoms with Crippen LogP contribution in [0.25, 0.3) is 0 Å². The lowest BCUT2D eigenvalue weighted by atomic mass is 9.84. The molecule has 0 aromatic heterocycles. The van der Waals surface area contributed by atoms with Gasteiger partial charge in [-0.25, -0.2) is 0 Å². The molecule has 0 fully saturated rings. The zero-order valence-corrected chi connectivity index (χ0v) is 13.8. The van der Waals surface area contributed by atoms with Crippen molar-refractivity contribution in [2.24, 2.45) is 4.99 Å². The Bertz CT molecular complexity index is 526. The highest BCUT2D eigenvalue weighted by atomic mass is 16.7. The molecular weight excluding hydrogens is 266 g/mol. The third-order valence-corrected chi connectivity index (χ3v) is 3.57. The second-order valence-electron chi connectivity index (χ2n) is 6.36. The van der Waals surface area contributed by atoms with Crippen LogP contribution in [0.4, 0.5) is 0 Å². The van der Waals surface area contributed by atoms with E-state index in [9.17, 15) is 0 Å². The van der Waals surface area contributed by atoms with Gasteiger partial charge in [0.05, 0.1) is 6.54 Å². The minimum Gasteiger partial charge on any atom is -0.454 e. The first kappa shape index (κ1) is 15.5. The number of nitrogens with zero attached hydrogens (tertiary/aromatic N) is 3. The van der Waals surface area contributed by atoms with Crippen molar-refractivity contribution in [3.8, 4) is 11.5 Å². The second kappa shape index (κ2) is 5.84. The molecule has 1 aliphatic heterocycles. The Hall–Kier alpha value is -1.91. The van der Waals surface area contributed by atoms with E-state index in [2.05, 4.69) is 26.0 Å². The molecule has 5 nitrogen and oxygen atoms in total. The summed E-state index contributed by atoms with van der Waals surface area (Å²) in [6, 6.07) is 6.12. The predicted molar refractivity (Wildman–Crippen MR) is 85.3 cm³/mol. The summed E-state index contributed by atoms with van der Waals surface area (Å²) in [5.41, 5.74) is 1.13. The van der Waals surface area contributed by atoms with Crippen LogP contribution in [0.5, 0.6) is 11.5 Å². The lowest BCUT2D eigenvalue weighted by Crippen LogP contribution is -2.36. The Kier molecular flexibility index (Phi) is 4.30. The molecule has 116 valence electrons.